The van der Waals surface area contributed by atoms with Crippen LogP contribution in [0.15, 0.2) is 30.3 Å². The molecule has 0 bridgehead atoms. The van der Waals surface area contributed by atoms with Crippen molar-refractivity contribution in [3.05, 3.63) is 47.0 Å². The third kappa shape index (κ3) is 8.09. The quantitative estimate of drug-likeness (QED) is 0.0741. The SMILES string of the molecule is C#COCC.CC.COOC(C)OC(C)(C)OCc1c2c(c(-c3ccc4c(c3)OCO4)c3cc(OC)c(OC)cc13)C(=O)OC2. The van der Waals surface area contributed by atoms with E-state index in [4.69, 9.17) is 42.9 Å². The molecular formula is C34H42O11. The molecule has 0 saturated heterocycles. The Hall–Kier alpha value is -4.21. The molecule has 0 spiro atoms. The van der Waals surface area contributed by atoms with Gasteiger partial charge in [-0.2, -0.15) is 0 Å². The lowest BCUT2D eigenvalue weighted by Gasteiger charge is -2.29. The second-order valence-corrected chi connectivity index (χ2v) is 9.79. The van der Waals surface area contributed by atoms with E-state index < -0.39 is 18.0 Å². The second kappa shape index (κ2) is 16.2. The van der Waals surface area contributed by atoms with Crippen LogP contribution in [0.2, 0.25) is 0 Å². The van der Waals surface area contributed by atoms with Gasteiger partial charge in [0.2, 0.25) is 6.79 Å². The number of cyclic esters (lactones) is 1. The van der Waals surface area contributed by atoms with Crippen LogP contribution in [0.4, 0.5) is 0 Å². The summed E-state index contributed by atoms with van der Waals surface area (Å²) in [6, 6.07) is 9.34. The van der Waals surface area contributed by atoms with E-state index in [1.807, 2.05) is 57.2 Å². The maximum absolute atomic E-state index is 13.2. The predicted molar refractivity (Wildman–Crippen MR) is 167 cm³/mol. The third-order valence-electron chi connectivity index (χ3n) is 6.72. The monoisotopic (exact) mass is 626 g/mol. The molecule has 0 N–H and O–H groups in total. The van der Waals surface area contributed by atoms with Crippen LogP contribution < -0.4 is 18.9 Å². The van der Waals surface area contributed by atoms with Crippen molar-refractivity contribution in [1.82, 2.24) is 0 Å². The highest BCUT2D eigenvalue weighted by molar-refractivity contribution is 6.12. The van der Waals surface area contributed by atoms with Crippen molar-refractivity contribution in [3.63, 3.8) is 0 Å². The molecule has 0 amide bonds. The van der Waals surface area contributed by atoms with Crippen LogP contribution in [0.25, 0.3) is 21.9 Å². The molecule has 1 unspecified atom stereocenters. The van der Waals surface area contributed by atoms with E-state index in [0.717, 1.165) is 27.5 Å². The molecule has 2 heterocycles. The summed E-state index contributed by atoms with van der Waals surface area (Å²) in [5.41, 5.74) is 3.47. The maximum Gasteiger partial charge on any atom is 0.339 e. The Morgan fingerprint density at radius 1 is 0.956 bits per heavy atom. The number of benzene rings is 3. The van der Waals surface area contributed by atoms with Crippen molar-refractivity contribution < 1.29 is 52.5 Å². The van der Waals surface area contributed by atoms with Gasteiger partial charge in [0.25, 0.3) is 0 Å². The van der Waals surface area contributed by atoms with Gasteiger partial charge >= 0.3 is 5.97 Å². The number of rotatable bonds is 11. The zero-order valence-electron chi connectivity index (χ0n) is 27.4. The molecule has 3 aromatic carbocycles. The fraction of sp³-hybridized carbons (Fsp3) is 0.441. The largest absolute Gasteiger partial charge is 0.493 e. The number of carbonyl (C=O) groups excluding carboxylic acids is 1. The number of terminal acetylenes is 1. The first-order valence-corrected chi connectivity index (χ1v) is 14.6. The number of hydrogen-bond acceptors (Lipinski definition) is 11. The Balaban J connectivity index is 0.000000719. The Bertz CT molecular complexity index is 1510. The van der Waals surface area contributed by atoms with E-state index in [2.05, 4.69) is 11.2 Å². The lowest BCUT2D eigenvalue weighted by molar-refractivity contribution is -0.399. The third-order valence-corrected chi connectivity index (χ3v) is 6.72. The average Bonchev–Trinajstić information content (AvgIpc) is 3.66. The first-order valence-electron chi connectivity index (χ1n) is 14.6. The number of hydrogen-bond donors (Lipinski definition) is 0. The summed E-state index contributed by atoms with van der Waals surface area (Å²) in [6.45, 7) is 12.1. The first-order chi connectivity index (χ1) is 21.7. The highest BCUT2D eigenvalue weighted by Gasteiger charge is 2.34. The van der Waals surface area contributed by atoms with Gasteiger partial charge in [0.1, 0.15) is 12.7 Å². The van der Waals surface area contributed by atoms with Crippen molar-refractivity contribution >= 4 is 16.7 Å². The first kappa shape index (κ1) is 35.3. The van der Waals surface area contributed by atoms with E-state index in [1.54, 1.807) is 35.0 Å². The number of methoxy groups -OCH3 is 2. The van der Waals surface area contributed by atoms with Gasteiger partial charge in [-0.15, -0.1) is 0 Å². The van der Waals surface area contributed by atoms with E-state index in [0.29, 0.717) is 40.7 Å². The second-order valence-electron chi connectivity index (χ2n) is 9.79. The maximum atomic E-state index is 13.2. The molecular weight excluding hydrogens is 584 g/mol. The molecule has 45 heavy (non-hydrogen) atoms. The summed E-state index contributed by atoms with van der Waals surface area (Å²) < 4.78 is 44.3. The van der Waals surface area contributed by atoms with Gasteiger partial charge in [-0.25, -0.2) is 14.6 Å². The molecule has 11 heteroatoms. The molecule has 3 aromatic rings. The van der Waals surface area contributed by atoms with E-state index in [-0.39, 0.29) is 20.0 Å². The molecule has 5 rings (SSSR count). The minimum atomic E-state index is -1.03. The van der Waals surface area contributed by atoms with Crippen molar-refractivity contribution in [1.29, 1.82) is 0 Å². The zero-order chi connectivity index (χ0) is 33.1. The van der Waals surface area contributed by atoms with Crippen molar-refractivity contribution in [2.24, 2.45) is 0 Å². The molecule has 1 atom stereocenters. The standard InChI is InChI=1S/C28H30O10.C4H6O.C2H6/c1-15(38-32-6)37-28(2,3)36-13-19-17-10-22(30-4)23(31-5)11-18(17)25(26-20(19)12-33-27(26)29)16-7-8-21-24(9-16)35-14-34-21;1-3-5-4-2;1-2/h7-11,15H,12-14H2,1-6H3;1H,4H2,2H3;1-2H3. The molecule has 0 radical (unpaired) electrons. The van der Waals surface area contributed by atoms with Gasteiger partial charge in [0, 0.05) is 11.1 Å². The van der Waals surface area contributed by atoms with Crippen molar-refractivity contribution in [3.8, 4) is 46.7 Å². The van der Waals surface area contributed by atoms with Gasteiger partial charge in [-0.1, -0.05) is 26.3 Å². The van der Waals surface area contributed by atoms with Crippen molar-refractivity contribution in [2.45, 2.75) is 66.8 Å². The Kier molecular flexibility index (Phi) is 12.7. The van der Waals surface area contributed by atoms with Gasteiger partial charge in [-0.05, 0) is 73.9 Å². The number of esters is 1. The average molecular weight is 627 g/mol. The van der Waals surface area contributed by atoms with Crippen LogP contribution in [0.5, 0.6) is 23.0 Å². The minimum absolute atomic E-state index is 0.110. The number of fused-ring (bicyclic) bond motifs is 3. The zero-order valence-corrected chi connectivity index (χ0v) is 27.4. The van der Waals surface area contributed by atoms with E-state index in [9.17, 15) is 4.79 Å². The molecule has 244 valence electrons. The molecule has 11 nitrogen and oxygen atoms in total. The van der Waals surface area contributed by atoms with E-state index >= 15 is 0 Å². The topological polar surface area (TPSA) is 109 Å². The molecule has 0 aliphatic carbocycles. The normalized spacial score (nSPS) is 13.4. The number of ether oxygens (including phenoxy) is 8. The van der Waals surface area contributed by atoms with Crippen LogP contribution in [-0.2, 0) is 41.9 Å². The van der Waals surface area contributed by atoms with Gasteiger partial charge in [-0.3, -0.25) is 0 Å². The van der Waals surface area contributed by atoms with E-state index in [1.165, 1.54) is 7.11 Å². The fourth-order valence-corrected chi connectivity index (χ4v) is 4.96. The summed E-state index contributed by atoms with van der Waals surface area (Å²) in [7, 11) is 4.55. The minimum Gasteiger partial charge on any atom is -0.493 e. The Labute approximate surface area is 264 Å². The highest BCUT2D eigenvalue weighted by Crippen LogP contribution is 2.47. The van der Waals surface area contributed by atoms with Crippen LogP contribution in [0, 0.1) is 12.5 Å². The highest BCUT2D eigenvalue weighted by atomic mass is 17.2. The van der Waals surface area contributed by atoms with Crippen LogP contribution >= 0.6 is 0 Å². The summed E-state index contributed by atoms with van der Waals surface area (Å²) in [5.74, 6) is 0.872. The molecule has 2 aliphatic rings. The lowest BCUT2D eigenvalue weighted by atomic mass is 9.86. The van der Waals surface area contributed by atoms with Crippen LogP contribution in [0.1, 0.15) is 63.0 Å². The Morgan fingerprint density at radius 2 is 1.62 bits per heavy atom. The molecule has 0 aromatic heterocycles. The Morgan fingerprint density at radius 3 is 2.22 bits per heavy atom. The summed E-state index contributed by atoms with van der Waals surface area (Å²) in [6.07, 6.45) is 6.02. The fourth-order valence-electron chi connectivity index (χ4n) is 4.96. The van der Waals surface area contributed by atoms with Gasteiger partial charge in [0.15, 0.2) is 35.1 Å². The summed E-state index contributed by atoms with van der Waals surface area (Å²) >= 11 is 0. The smallest absolute Gasteiger partial charge is 0.339 e. The van der Waals surface area contributed by atoms with Gasteiger partial charge in [0.05, 0.1) is 40.1 Å². The predicted octanol–water partition coefficient (Wildman–Crippen LogP) is 6.76. The lowest BCUT2D eigenvalue weighted by Crippen LogP contribution is -2.33. The molecule has 0 saturated carbocycles. The van der Waals surface area contributed by atoms with Gasteiger partial charge < -0.3 is 37.9 Å². The summed E-state index contributed by atoms with van der Waals surface area (Å²) in [4.78, 5) is 22.9. The number of carbonyl (C=O) groups is 1. The van der Waals surface area contributed by atoms with Crippen LogP contribution in [0.3, 0.4) is 0 Å². The van der Waals surface area contributed by atoms with Crippen molar-refractivity contribution in [2.75, 3.05) is 34.7 Å². The van der Waals surface area contributed by atoms with Crippen LogP contribution in [-0.4, -0.2) is 52.8 Å². The molecule has 0 fully saturated rings. The molecule has 2 aliphatic heterocycles. The summed E-state index contributed by atoms with van der Waals surface area (Å²) in [5, 5.41) is 1.59.